The van der Waals surface area contributed by atoms with Crippen LogP contribution in [-0.4, -0.2) is 20.1 Å². The van der Waals surface area contributed by atoms with Gasteiger partial charge in [0.2, 0.25) is 0 Å². The van der Waals surface area contributed by atoms with E-state index in [0.29, 0.717) is 5.56 Å². The predicted molar refractivity (Wildman–Crippen MR) is 109 cm³/mol. The van der Waals surface area contributed by atoms with E-state index in [1.54, 1.807) is 42.5 Å². The Morgan fingerprint density at radius 1 is 0.893 bits per heavy atom. The maximum absolute atomic E-state index is 12.5. The molecule has 0 bridgehead atoms. The van der Waals surface area contributed by atoms with Crippen LogP contribution in [0.3, 0.4) is 0 Å². The number of nitrogens with one attached hydrogen (secondary N) is 1. The zero-order valence-corrected chi connectivity index (χ0v) is 16.3. The molecule has 0 aromatic heterocycles. The largest absolute Gasteiger partial charge is 0.387 e. The Labute approximate surface area is 165 Å². The highest BCUT2D eigenvalue weighted by molar-refractivity contribution is 7.87. The topological polar surface area (TPSA) is 75.6 Å². The lowest BCUT2D eigenvalue weighted by Gasteiger charge is -2.19. The molecule has 0 spiro atoms. The summed E-state index contributed by atoms with van der Waals surface area (Å²) < 4.78 is 30.3. The van der Waals surface area contributed by atoms with Gasteiger partial charge in [-0.15, -0.1) is 0 Å². The van der Waals surface area contributed by atoms with Gasteiger partial charge in [-0.3, -0.25) is 0 Å². The van der Waals surface area contributed by atoms with Crippen LogP contribution in [0.1, 0.15) is 30.2 Å². The Bertz CT molecular complexity index is 991. The van der Waals surface area contributed by atoms with Crippen LogP contribution in [-0.2, 0) is 10.1 Å². The Morgan fingerprint density at radius 3 is 2.14 bits per heavy atom. The fraction of sp³-hybridized carbons (Fsp3) is 0.182. The first-order valence-corrected chi connectivity index (χ1v) is 10.4. The molecule has 146 valence electrons. The molecule has 3 rings (SSSR count). The fourth-order valence-electron chi connectivity index (χ4n) is 2.84. The van der Waals surface area contributed by atoms with Gasteiger partial charge in [-0.1, -0.05) is 66.7 Å². The molecule has 6 heteroatoms. The first kappa shape index (κ1) is 20.1. The highest BCUT2D eigenvalue weighted by Gasteiger charge is 2.21. The summed E-state index contributed by atoms with van der Waals surface area (Å²) in [4.78, 5) is 0.0649. The zero-order chi connectivity index (χ0) is 20.0. The summed E-state index contributed by atoms with van der Waals surface area (Å²) in [6.07, 6.45) is -0.923. The molecule has 0 aliphatic carbocycles. The molecule has 3 aromatic rings. The fourth-order valence-corrected chi connectivity index (χ4v) is 3.82. The van der Waals surface area contributed by atoms with Crippen LogP contribution in [0.2, 0.25) is 0 Å². The lowest BCUT2D eigenvalue weighted by Crippen LogP contribution is -2.25. The van der Waals surface area contributed by atoms with Crippen molar-refractivity contribution < 1.29 is 17.7 Å². The molecule has 0 aliphatic heterocycles. The van der Waals surface area contributed by atoms with E-state index in [4.69, 9.17) is 4.18 Å². The van der Waals surface area contributed by atoms with E-state index >= 15 is 0 Å². The number of hydrogen-bond acceptors (Lipinski definition) is 5. The SMILES string of the molecule is C[C@H](NC[C@H](O)c1ccccc1OS(=O)(=O)c1ccccc1)c1ccccc1. The number of aliphatic hydroxyl groups is 1. The first-order chi connectivity index (χ1) is 13.5. The van der Waals surface area contributed by atoms with Gasteiger partial charge < -0.3 is 14.6 Å². The summed E-state index contributed by atoms with van der Waals surface area (Å²) in [5.41, 5.74) is 1.51. The molecule has 0 amide bonds. The summed E-state index contributed by atoms with van der Waals surface area (Å²) in [6, 6.07) is 24.5. The highest BCUT2D eigenvalue weighted by Crippen LogP contribution is 2.28. The molecule has 0 heterocycles. The van der Waals surface area contributed by atoms with Gasteiger partial charge in [0.25, 0.3) is 0 Å². The number of hydrogen-bond donors (Lipinski definition) is 2. The van der Waals surface area contributed by atoms with Crippen molar-refractivity contribution in [2.24, 2.45) is 0 Å². The Hall–Kier alpha value is -2.67. The molecule has 0 radical (unpaired) electrons. The first-order valence-electron chi connectivity index (χ1n) is 9.02. The summed E-state index contributed by atoms with van der Waals surface area (Å²) in [5.74, 6) is 0.119. The molecular weight excluding hydrogens is 374 g/mol. The van der Waals surface area contributed by atoms with E-state index in [2.05, 4.69) is 5.32 Å². The molecule has 2 N–H and O–H groups in total. The van der Waals surface area contributed by atoms with Crippen LogP contribution < -0.4 is 9.50 Å². The van der Waals surface area contributed by atoms with Crippen molar-refractivity contribution in [3.05, 3.63) is 96.1 Å². The third-order valence-corrected chi connectivity index (χ3v) is 5.67. The Morgan fingerprint density at radius 2 is 1.46 bits per heavy atom. The molecule has 0 saturated carbocycles. The molecular formula is C22H23NO4S. The summed E-state index contributed by atoms with van der Waals surface area (Å²) in [7, 11) is -3.98. The Kier molecular flexibility index (Phi) is 6.46. The van der Waals surface area contributed by atoms with Crippen LogP contribution in [0.5, 0.6) is 5.75 Å². The van der Waals surface area contributed by atoms with Crippen molar-refractivity contribution in [2.75, 3.05) is 6.54 Å². The molecule has 0 saturated heterocycles. The van der Waals surface area contributed by atoms with Crippen molar-refractivity contribution in [1.82, 2.24) is 5.32 Å². The van der Waals surface area contributed by atoms with Gasteiger partial charge in [0.05, 0.1) is 6.10 Å². The summed E-state index contributed by atoms with van der Waals surface area (Å²) >= 11 is 0. The lowest BCUT2D eigenvalue weighted by atomic mass is 10.1. The number of para-hydroxylation sites is 1. The van der Waals surface area contributed by atoms with Crippen LogP contribution in [0.15, 0.2) is 89.8 Å². The van der Waals surface area contributed by atoms with Crippen LogP contribution in [0.25, 0.3) is 0 Å². The molecule has 3 aromatic carbocycles. The van der Waals surface area contributed by atoms with E-state index in [-0.39, 0.29) is 23.2 Å². The molecule has 2 atom stereocenters. The minimum absolute atomic E-state index is 0.0389. The molecule has 5 nitrogen and oxygen atoms in total. The normalized spacial score (nSPS) is 13.6. The van der Waals surface area contributed by atoms with Gasteiger partial charge >= 0.3 is 10.1 Å². The molecule has 28 heavy (non-hydrogen) atoms. The average molecular weight is 397 g/mol. The van der Waals surface area contributed by atoms with E-state index in [1.807, 2.05) is 37.3 Å². The van der Waals surface area contributed by atoms with Crippen LogP contribution >= 0.6 is 0 Å². The second-order valence-corrected chi connectivity index (χ2v) is 7.99. The Balaban J connectivity index is 1.73. The summed E-state index contributed by atoms with van der Waals surface area (Å²) in [6.45, 7) is 2.26. The van der Waals surface area contributed by atoms with E-state index in [0.717, 1.165) is 5.56 Å². The number of aliphatic hydroxyl groups excluding tert-OH is 1. The van der Waals surface area contributed by atoms with Crippen LogP contribution in [0.4, 0.5) is 0 Å². The maximum Gasteiger partial charge on any atom is 0.339 e. The van der Waals surface area contributed by atoms with Crippen LogP contribution in [0, 0.1) is 0 Å². The minimum atomic E-state index is -3.98. The van der Waals surface area contributed by atoms with Gasteiger partial charge in [-0.05, 0) is 30.7 Å². The average Bonchev–Trinajstić information content (AvgIpc) is 2.73. The van der Waals surface area contributed by atoms with Gasteiger partial charge in [-0.25, -0.2) is 0 Å². The van der Waals surface area contributed by atoms with Gasteiger partial charge in [0.1, 0.15) is 10.6 Å². The van der Waals surface area contributed by atoms with Crippen molar-refractivity contribution in [1.29, 1.82) is 0 Å². The molecule has 0 unspecified atom stereocenters. The third-order valence-electron chi connectivity index (χ3n) is 4.43. The smallest absolute Gasteiger partial charge is 0.339 e. The quantitative estimate of drug-likeness (QED) is 0.565. The standard InChI is InChI=1S/C22H23NO4S/c1-17(18-10-4-2-5-11-18)23-16-21(24)20-14-8-9-15-22(20)27-28(25,26)19-12-6-3-7-13-19/h2-15,17,21,23-24H,16H2,1H3/t17-,21-/m0/s1. The second-order valence-electron chi connectivity index (χ2n) is 6.44. The highest BCUT2D eigenvalue weighted by atomic mass is 32.2. The van der Waals surface area contributed by atoms with Crippen molar-refractivity contribution in [3.8, 4) is 5.75 Å². The van der Waals surface area contributed by atoms with Crippen molar-refractivity contribution in [3.63, 3.8) is 0 Å². The molecule has 0 fully saturated rings. The van der Waals surface area contributed by atoms with Gasteiger partial charge in [0.15, 0.2) is 0 Å². The van der Waals surface area contributed by atoms with E-state index in [1.165, 1.54) is 12.1 Å². The monoisotopic (exact) mass is 397 g/mol. The number of benzene rings is 3. The number of rotatable bonds is 8. The van der Waals surface area contributed by atoms with E-state index in [9.17, 15) is 13.5 Å². The van der Waals surface area contributed by atoms with Crippen molar-refractivity contribution in [2.45, 2.75) is 24.0 Å². The second kappa shape index (κ2) is 9.01. The third kappa shape index (κ3) is 4.98. The van der Waals surface area contributed by atoms with Crippen molar-refractivity contribution >= 4 is 10.1 Å². The predicted octanol–water partition coefficient (Wildman–Crippen LogP) is 3.84. The molecule has 0 aliphatic rings. The van der Waals surface area contributed by atoms with Gasteiger partial charge in [0, 0.05) is 18.2 Å². The zero-order valence-electron chi connectivity index (χ0n) is 15.5. The lowest BCUT2D eigenvalue weighted by molar-refractivity contribution is 0.168. The maximum atomic E-state index is 12.5. The summed E-state index contributed by atoms with van der Waals surface area (Å²) in [5, 5.41) is 13.9. The van der Waals surface area contributed by atoms with E-state index < -0.39 is 16.2 Å². The minimum Gasteiger partial charge on any atom is -0.387 e. The van der Waals surface area contributed by atoms with Gasteiger partial charge in [-0.2, -0.15) is 8.42 Å².